The molecule has 0 aromatic heterocycles. The van der Waals surface area contributed by atoms with Gasteiger partial charge < -0.3 is 14.8 Å². The number of allylic oxidation sites excluding steroid dienone is 1. The topological polar surface area (TPSA) is 134 Å². The number of nitrogens with zero attached hydrogens (tertiary/aromatic N) is 7. The molecule has 12 unspecified atom stereocenters. The van der Waals surface area contributed by atoms with Gasteiger partial charge in [0.1, 0.15) is 12.3 Å². The normalized spacial score (nSPS) is 47.7. The zero-order valence-corrected chi connectivity index (χ0v) is 29.9. The van der Waals surface area contributed by atoms with Crippen LogP contribution in [0.3, 0.4) is 0 Å². The number of hydrogen-bond donors (Lipinski definition) is 1. The SMILES string of the molecule is O=S1CCCC1C1(C2CCN=N2)SC(C2CN=CC=N2)(C2C=CCN2)C(C2CC=CC=N2)(C2N=CCC=N2)C1(C1CC=CO1)C1CC=CCO1. The maximum Gasteiger partial charge on any atom is 0.148 e. The molecule has 0 spiro atoms. The highest BCUT2D eigenvalue weighted by molar-refractivity contribution is 8.03. The van der Waals surface area contributed by atoms with Crippen LogP contribution in [0.2, 0.25) is 0 Å². The molecule has 0 saturated carbocycles. The highest BCUT2D eigenvalue weighted by atomic mass is 32.2. The Hall–Kier alpha value is -2.87. The number of aliphatic imine (C=N–C) groups is 5. The summed E-state index contributed by atoms with van der Waals surface area (Å²) in [7, 11) is -1.13. The molecular weight excluding hydrogens is 669 g/mol. The zero-order chi connectivity index (χ0) is 33.7. The minimum Gasteiger partial charge on any atom is -0.497 e. The molecular formula is C37H46N8O3S2. The molecule has 9 aliphatic rings. The van der Waals surface area contributed by atoms with Crippen LogP contribution in [0.1, 0.15) is 44.9 Å². The molecule has 9 rings (SSSR count). The summed E-state index contributed by atoms with van der Waals surface area (Å²) >= 11 is 1.98. The lowest BCUT2D eigenvalue weighted by atomic mass is 9.40. The first-order valence-electron chi connectivity index (χ1n) is 18.4. The number of nitrogens with one attached hydrogen (secondary N) is 1. The minimum atomic E-state index is -1.13. The number of azo groups is 1. The molecule has 11 nitrogen and oxygen atoms in total. The number of hydrogen-bond acceptors (Lipinski definition) is 12. The fourth-order valence-corrected chi connectivity index (χ4v) is 16.6. The zero-order valence-electron chi connectivity index (χ0n) is 28.3. The molecule has 0 radical (unpaired) electrons. The van der Waals surface area contributed by atoms with Crippen LogP contribution in [-0.4, -0.2) is 125 Å². The Morgan fingerprint density at radius 3 is 2.40 bits per heavy atom. The van der Waals surface area contributed by atoms with Crippen molar-refractivity contribution in [2.75, 3.05) is 32.0 Å². The average Bonchev–Trinajstić information content (AvgIpc) is 4.03. The van der Waals surface area contributed by atoms with Crippen molar-refractivity contribution in [1.29, 1.82) is 0 Å². The molecule has 9 aliphatic heterocycles. The first kappa shape index (κ1) is 33.0. The highest BCUT2D eigenvalue weighted by Crippen LogP contribution is 2.82. The third-order valence-electron chi connectivity index (χ3n) is 12.7. The summed E-state index contributed by atoms with van der Waals surface area (Å²) in [5.74, 6) is 0.666. The van der Waals surface area contributed by atoms with Crippen molar-refractivity contribution in [3.63, 3.8) is 0 Å². The van der Waals surface area contributed by atoms with Gasteiger partial charge in [-0.3, -0.25) is 29.2 Å². The fourth-order valence-electron chi connectivity index (χ4n) is 11.4. The second-order valence-electron chi connectivity index (χ2n) is 14.6. The predicted molar refractivity (Wildman–Crippen MR) is 202 cm³/mol. The van der Waals surface area contributed by atoms with E-state index in [0.717, 1.165) is 25.8 Å². The Balaban J connectivity index is 1.50. The largest absolute Gasteiger partial charge is 0.497 e. The molecule has 1 N–H and O–H groups in total. The van der Waals surface area contributed by atoms with Crippen LogP contribution in [0.15, 0.2) is 84.0 Å². The van der Waals surface area contributed by atoms with Crippen molar-refractivity contribution >= 4 is 53.6 Å². The minimum absolute atomic E-state index is 0.153. The Morgan fingerprint density at radius 1 is 0.840 bits per heavy atom. The van der Waals surface area contributed by atoms with E-state index in [1.54, 1.807) is 0 Å². The molecule has 264 valence electrons. The van der Waals surface area contributed by atoms with E-state index >= 15 is 0 Å². The van der Waals surface area contributed by atoms with Gasteiger partial charge in [-0.05, 0) is 44.3 Å². The van der Waals surface area contributed by atoms with E-state index in [4.69, 9.17) is 44.7 Å². The van der Waals surface area contributed by atoms with Crippen molar-refractivity contribution in [1.82, 2.24) is 5.32 Å². The lowest BCUT2D eigenvalue weighted by molar-refractivity contribution is -0.208. The summed E-state index contributed by atoms with van der Waals surface area (Å²) in [6, 6.07) is -0.961. The molecule has 0 bridgehead atoms. The molecule has 0 amide bonds. The lowest BCUT2D eigenvalue weighted by Gasteiger charge is -2.66. The second-order valence-corrected chi connectivity index (χ2v) is 17.9. The van der Waals surface area contributed by atoms with Crippen LogP contribution in [0.5, 0.6) is 0 Å². The fraction of sp³-hybridized carbons (Fsp3) is 0.649. The standard InChI is InChI=1S/C37H46N8O3S2/c46-50-24-7-13-32(50)37(28-14-19-44-45-28)35(31-12-6-23-48-31,30-11-2-4-22-47-30)34(26-9-1-3-15-39-26,33-42-17-8-18-43-33)36(49-37,27-10-5-16-40-27)29-25-38-20-21-41-29/h1-6,10,15,17-18,20-21,23,26-33,40H,7-9,11-14,16,19,22,24-25H2. The Labute approximate surface area is 300 Å². The lowest BCUT2D eigenvalue weighted by Crippen LogP contribution is -2.79. The van der Waals surface area contributed by atoms with Crippen molar-refractivity contribution in [2.24, 2.45) is 46.0 Å². The number of rotatable bonds is 8. The van der Waals surface area contributed by atoms with Gasteiger partial charge in [0.15, 0.2) is 0 Å². The van der Waals surface area contributed by atoms with E-state index < -0.39 is 37.3 Å². The van der Waals surface area contributed by atoms with Crippen LogP contribution >= 0.6 is 11.8 Å². The molecule has 0 aromatic carbocycles. The van der Waals surface area contributed by atoms with Crippen LogP contribution in [0.25, 0.3) is 0 Å². The Bertz CT molecular complexity index is 1650. The van der Waals surface area contributed by atoms with Gasteiger partial charge in [-0.2, -0.15) is 10.2 Å². The van der Waals surface area contributed by atoms with Gasteiger partial charge >= 0.3 is 0 Å². The van der Waals surface area contributed by atoms with E-state index in [2.05, 4.69) is 47.8 Å². The molecule has 12 atom stereocenters. The van der Waals surface area contributed by atoms with Gasteiger partial charge in [0, 0.05) is 73.1 Å². The summed E-state index contributed by atoms with van der Waals surface area (Å²) in [6.45, 7) is 2.35. The average molecular weight is 715 g/mol. The third-order valence-corrected chi connectivity index (χ3v) is 17.2. The predicted octanol–water partition coefficient (Wildman–Crippen LogP) is 4.29. The third kappa shape index (κ3) is 4.41. The summed E-state index contributed by atoms with van der Waals surface area (Å²) in [6.07, 6.45) is 31.0. The summed E-state index contributed by atoms with van der Waals surface area (Å²) < 4.78 is 27.6. The van der Waals surface area contributed by atoms with E-state index in [1.807, 2.05) is 49.1 Å². The van der Waals surface area contributed by atoms with E-state index in [-0.39, 0.29) is 41.6 Å². The summed E-state index contributed by atoms with van der Waals surface area (Å²) in [5, 5.41) is 13.7. The van der Waals surface area contributed by atoms with Crippen LogP contribution in [0.4, 0.5) is 0 Å². The highest BCUT2D eigenvalue weighted by Gasteiger charge is 2.91. The smallest absolute Gasteiger partial charge is 0.148 e. The number of ether oxygens (including phenoxy) is 2. The molecule has 0 aromatic rings. The van der Waals surface area contributed by atoms with Crippen LogP contribution in [-0.2, 0) is 20.3 Å². The molecule has 13 heteroatoms. The second kappa shape index (κ2) is 13.3. The monoisotopic (exact) mass is 714 g/mol. The molecule has 2 saturated heterocycles. The van der Waals surface area contributed by atoms with E-state index in [0.29, 0.717) is 51.1 Å². The maximum absolute atomic E-state index is 14.9. The Kier molecular flexibility index (Phi) is 8.76. The van der Waals surface area contributed by atoms with E-state index in [9.17, 15) is 4.21 Å². The summed E-state index contributed by atoms with van der Waals surface area (Å²) in [4.78, 5) is 26.8. The molecule has 9 heterocycles. The van der Waals surface area contributed by atoms with Crippen LogP contribution in [0, 0.1) is 10.8 Å². The van der Waals surface area contributed by atoms with Gasteiger partial charge in [0.2, 0.25) is 0 Å². The molecule has 0 aliphatic carbocycles. The van der Waals surface area contributed by atoms with Gasteiger partial charge in [-0.25, -0.2) is 0 Å². The van der Waals surface area contributed by atoms with Crippen molar-refractivity contribution in [3.8, 4) is 0 Å². The number of dihydropyridines is 1. The van der Waals surface area contributed by atoms with Crippen molar-refractivity contribution < 1.29 is 13.7 Å². The Morgan fingerprint density at radius 2 is 1.74 bits per heavy atom. The van der Waals surface area contributed by atoms with Crippen LogP contribution < -0.4 is 5.32 Å². The quantitative estimate of drug-likeness (QED) is 0.375. The number of thioether (sulfide) groups is 1. The first-order valence-corrected chi connectivity index (χ1v) is 20.6. The van der Waals surface area contributed by atoms with Gasteiger partial charge in [0.25, 0.3) is 0 Å². The van der Waals surface area contributed by atoms with Gasteiger partial charge in [-0.15, -0.1) is 11.8 Å². The van der Waals surface area contributed by atoms with E-state index in [1.165, 1.54) is 0 Å². The van der Waals surface area contributed by atoms with Gasteiger partial charge in [-0.1, -0.05) is 30.4 Å². The van der Waals surface area contributed by atoms with Crippen molar-refractivity contribution in [3.05, 3.63) is 48.8 Å². The first-order chi connectivity index (χ1) is 24.7. The maximum atomic E-state index is 14.9. The van der Waals surface area contributed by atoms with Crippen molar-refractivity contribution in [2.45, 2.75) is 102 Å². The van der Waals surface area contributed by atoms with Gasteiger partial charge in [0.05, 0.1) is 75.8 Å². The molecule has 50 heavy (non-hydrogen) atoms. The summed E-state index contributed by atoms with van der Waals surface area (Å²) in [5.41, 5.74) is -1.78. The molecule has 2 fully saturated rings.